The van der Waals surface area contributed by atoms with Crippen molar-refractivity contribution in [2.75, 3.05) is 31.1 Å². The highest BCUT2D eigenvalue weighted by Crippen LogP contribution is 2.23. The van der Waals surface area contributed by atoms with Gasteiger partial charge in [0.05, 0.1) is 6.26 Å². The molecular weight excluding hydrogens is 402 g/mol. The molecule has 0 atom stereocenters. The number of nitrogens with zero attached hydrogens (tertiary/aromatic N) is 2. The van der Waals surface area contributed by atoms with Crippen LogP contribution in [0, 0.1) is 13.8 Å². The Morgan fingerprint density at radius 1 is 0.938 bits per heavy atom. The second-order valence-corrected chi connectivity index (χ2v) is 7.96. The Morgan fingerprint density at radius 3 is 2.38 bits per heavy atom. The Kier molecular flexibility index (Phi) is 6.40. The average molecular weight is 430 g/mol. The summed E-state index contributed by atoms with van der Waals surface area (Å²) >= 11 is 0. The molecule has 2 aromatic carbocycles. The molecule has 6 nitrogen and oxygen atoms in total. The topological polar surface area (TPSA) is 65.8 Å². The Balaban J connectivity index is 1.49. The van der Waals surface area contributed by atoms with E-state index in [1.54, 1.807) is 47.4 Å². The van der Waals surface area contributed by atoms with E-state index in [0.717, 1.165) is 13.1 Å². The summed E-state index contributed by atoms with van der Waals surface area (Å²) in [6.07, 6.45) is 3.12. The first-order valence-corrected chi connectivity index (χ1v) is 10.7. The third kappa shape index (κ3) is 4.91. The molecule has 1 saturated heterocycles. The molecule has 0 unspecified atom stereocenters. The number of hydrogen-bond donors (Lipinski definition) is 1. The Hall–Kier alpha value is -3.80. The second kappa shape index (κ2) is 9.56. The lowest BCUT2D eigenvalue weighted by Crippen LogP contribution is -2.50. The van der Waals surface area contributed by atoms with E-state index in [4.69, 9.17) is 4.42 Å². The number of anilines is 1. The number of aryl methyl sites for hydroxylation is 2. The largest absolute Gasteiger partial charge is 0.465 e. The van der Waals surface area contributed by atoms with E-state index in [1.165, 1.54) is 23.1 Å². The Labute approximate surface area is 188 Å². The van der Waals surface area contributed by atoms with Gasteiger partial charge in [-0.1, -0.05) is 30.3 Å². The van der Waals surface area contributed by atoms with Crippen molar-refractivity contribution in [2.45, 2.75) is 13.8 Å². The molecule has 2 heterocycles. The van der Waals surface area contributed by atoms with Crippen LogP contribution in [0.4, 0.5) is 5.69 Å². The molecule has 0 spiro atoms. The zero-order chi connectivity index (χ0) is 22.5. The minimum Gasteiger partial charge on any atom is -0.465 e. The molecule has 1 fully saturated rings. The van der Waals surface area contributed by atoms with Crippen molar-refractivity contribution < 1.29 is 14.0 Å². The number of carbonyl (C=O) groups is 2. The zero-order valence-corrected chi connectivity index (χ0v) is 18.4. The van der Waals surface area contributed by atoms with E-state index in [1.807, 2.05) is 6.07 Å². The van der Waals surface area contributed by atoms with Crippen LogP contribution in [0.15, 0.2) is 77.0 Å². The maximum Gasteiger partial charge on any atom is 0.270 e. The molecule has 0 bridgehead atoms. The van der Waals surface area contributed by atoms with Gasteiger partial charge in [-0.05, 0) is 55.3 Å². The van der Waals surface area contributed by atoms with Crippen LogP contribution in [-0.4, -0.2) is 42.9 Å². The van der Waals surface area contributed by atoms with Gasteiger partial charge in [0.2, 0.25) is 0 Å². The van der Waals surface area contributed by atoms with E-state index in [-0.39, 0.29) is 17.5 Å². The normalized spacial score (nSPS) is 14.4. The van der Waals surface area contributed by atoms with Crippen LogP contribution in [0.25, 0.3) is 6.08 Å². The Bertz CT molecular complexity index is 1110. The smallest absolute Gasteiger partial charge is 0.270 e. The zero-order valence-electron chi connectivity index (χ0n) is 18.4. The lowest BCUT2D eigenvalue weighted by Gasteiger charge is -2.37. The van der Waals surface area contributed by atoms with Gasteiger partial charge in [0, 0.05) is 43.5 Å². The van der Waals surface area contributed by atoms with Crippen LogP contribution in [0.5, 0.6) is 0 Å². The number of piperazine rings is 1. The summed E-state index contributed by atoms with van der Waals surface area (Å²) in [4.78, 5) is 30.1. The van der Waals surface area contributed by atoms with Crippen molar-refractivity contribution in [3.63, 3.8) is 0 Å². The van der Waals surface area contributed by atoms with Crippen LogP contribution >= 0.6 is 0 Å². The summed E-state index contributed by atoms with van der Waals surface area (Å²) in [5.41, 5.74) is 4.35. The van der Waals surface area contributed by atoms with Gasteiger partial charge in [-0.2, -0.15) is 0 Å². The molecule has 0 radical (unpaired) electrons. The van der Waals surface area contributed by atoms with Gasteiger partial charge in [0.15, 0.2) is 0 Å². The second-order valence-electron chi connectivity index (χ2n) is 7.96. The fourth-order valence-corrected chi connectivity index (χ4v) is 3.83. The summed E-state index contributed by atoms with van der Waals surface area (Å²) in [7, 11) is 0. The summed E-state index contributed by atoms with van der Waals surface area (Å²) in [5, 5.41) is 2.79. The summed E-state index contributed by atoms with van der Waals surface area (Å²) < 4.78 is 5.38. The highest BCUT2D eigenvalue weighted by molar-refractivity contribution is 6.05. The first kappa shape index (κ1) is 21.4. The van der Waals surface area contributed by atoms with Gasteiger partial charge >= 0.3 is 0 Å². The number of amides is 2. The molecule has 1 aliphatic heterocycles. The first-order valence-electron chi connectivity index (χ1n) is 10.7. The van der Waals surface area contributed by atoms with Crippen molar-refractivity contribution in [2.24, 2.45) is 0 Å². The number of hydrogen-bond acceptors (Lipinski definition) is 4. The van der Waals surface area contributed by atoms with E-state index in [2.05, 4.69) is 42.3 Å². The van der Waals surface area contributed by atoms with Gasteiger partial charge < -0.3 is 19.5 Å². The predicted octanol–water partition coefficient (Wildman–Crippen LogP) is 4.02. The van der Waals surface area contributed by atoms with Gasteiger partial charge in [-0.15, -0.1) is 0 Å². The number of rotatable bonds is 5. The number of furan rings is 1. The minimum atomic E-state index is -0.328. The van der Waals surface area contributed by atoms with Crippen molar-refractivity contribution >= 4 is 23.6 Å². The lowest BCUT2D eigenvalue weighted by molar-refractivity contribution is -0.127. The number of nitrogens with one attached hydrogen (secondary N) is 1. The molecule has 1 aliphatic rings. The van der Waals surface area contributed by atoms with Crippen molar-refractivity contribution in [3.8, 4) is 0 Å². The third-order valence-electron chi connectivity index (χ3n) is 5.62. The van der Waals surface area contributed by atoms with Crippen molar-refractivity contribution in [1.82, 2.24) is 10.2 Å². The van der Waals surface area contributed by atoms with Crippen LogP contribution in [0.1, 0.15) is 27.2 Å². The molecular formula is C26H27N3O3. The molecule has 4 rings (SSSR count). The van der Waals surface area contributed by atoms with E-state index in [0.29, 0.717) is 24.4 Å². The number of benzene rings is 2. The molecule has 6 heteroatoms. The van der Waals surface area contributed by atoms with E-state index in [9.17, 15) is 9.59 Å². The summed E-state index contributed by atoms with van der Waals surface area (Å²) in [6, 6.07) is 18.8. The number of carbonyl (C=O) groups excluding carboxylic acids is 2. The third-order valence-corrected chi connectivity index (χ3v) is 5.62. The van der Waals surface area contributed by atoms with E-state index >= 15 is 0 Å². The molecule has 164 valence electrons. The van der Waals surface area contributed by atoms with Gasteiger partial charge in [-0.3, -0.25) is 9.59 Å². The van der Waals surface area contributed by atoms with Gasteiger partial charge in [0.1, 0.15) is 11.5 Å². The molecule has 1 N–H and O–H groups in total. The minimum absolute atomic E-state index is 0.203. The Morgan fingerprint density at radius 2 is 1.69 bits per heavy atom. The predicted molar refractivity (Wildman–Crippen MR) is 125 cm³/mol. The van der Waals surface area contributed by atoms with Crippen LogP contribution in [0.2, 0.25) is 0 Å². The molecule has 3 aromatic rings. The van der Waals surface area contributed by atoms with E-state index < -0.39 is 0 Å². The first-order chi connectivity index (χ1) is 15.5. The molecule has 1 aromatic heterocycles. The molecule has 0 aliphatic carbocycles. The standard InChI is InChI=1S/C26H27N3O3/c1-19-10-11-20(2)24(17-19)28-12-14-29(15-13-28)26(31)23(18-22-9-6-16-32-22)27-25(30)21-7-4-3-5-8-21/h3-11,16-18H,12-15H2,1-2H3,(H,27,30). The van der Waals surface area contributed by atoms with Gasteiger partial charge in [-0.25, -0.2) is 0 Å². The highest BCUT2D eigenvalue weighted by Gasteiger charge is 2.26. The monoisotopic (exact) mass is 429 g/mol. The van der Waals surface area contributed by atoms with Crippen molar-refractivity contribution in [3.05, 3.63) is 95.1 Å². The van der Waals surface area contributed by atoms with Gasteiger partial charge in [0.25, 0.3) is 11.8 Å². The molecule has 32 heavy (non-hydrogen) atoms. The maximum absolute atomic E-state index is 13.3. The van der Waals surface area contributed by atoms with Crippen molar-refractivity contribution in [1.29, 1.82) is 0 Å². The summed E-state index contributed by atoms with van der Waals surface area (Å²) in [5.74, 6) is -0.0344. The lowest BCUT2D eigenvalue weighted by atomic mass is 10.1. The highest BCUT2D eigenvalue weighted by atomic mass is 16.3. The SMILES string of the molecule is Cc1ccc(C)c(N2CCN(C(=O)C(=Cc3ccco3)NC(=O)c3ccccc3)CC2)c1. The van der Waals surface area contributed by atoms with Crippen LogP contribution < -0.4 is 10.2 Å². The fraction of sp³-hybridized carbons (Fsp3) is 0.231. The fourth-order valence-electron chi connectivity index (χ4n) is 3.83. The van der Waals surface area contributed by atoms with Crippen LogP contribution in [-0.2, 0) is 4.79 Å². The quantitative estimate of drug-likeness (QED) is 0.623. The average Bonchev–Trinajstić information content (AvgIpc) is 3.33. The molecule has 0 saturated carbocycles. The summed E-state index contributed by atoms with van der Waals surface area (Å²) in [6.45, 7) is 6.80. The van der Waals surface area contributed by atoms with Crippen LogP contribution in [0.3, 0.4) is 0 Å². The maximum atomic E-state index is 13.3. The molecule has 2 amide bonds.